The Bertz CT molecular complexity index is 639. The Morgan fingerprint density at radius 2 is 1.92 bits per heavy atom. The van der Waals surface area contributed by atoms with Crippen molar-refractivity contribution in [3.05, 3.63) is 29.3 Å². The molecule has 0 aromatic heterocycles. The van der Waals surface area contributed by atoms with Gasteiger partial charge in [-0.2, -0.15) is 0 Å². The first-order valence-corrected chi connectivity index (χ1v) is 8.89. The number of hydrogen-bond donors (Lipinski definition) is 2. The van der Waals surface area contributed by atoms with E-state index < -0.39 is 17.3 Å². The Labute approximate surface area is 151 Å². The fraction of sp³-hybridized carbons (Fsp3) is 0.650. The number of nitrogens with one attached hydrogen (secondary N) is 1. The van der Waals surface area contributed by atoms with Crippen LogP contribution in [0.3, 0.4) is 0 Å². The summed E-state index contributed by atoms with van der Waals surface area (Å²) in [5, 5.41) is 13.0. The second-order valence-electron chi connectivity index (χ2n) is 9.04. The SMILES string of the molecule is CC(C)(O)CN1CCc2cc(NC(=O)OC(C)(C)C)ccc2C1(C)C. The predicted molar refractivity (Wildman–Crippen MR) is 101 cm³/mol. The third kappa shape index (κ3) is 5.19. The molecule has 0 spiro atoms. The first-order valence-electron chi connectivity index (χ1n) is 8.89. The molecule has 1 aliphatic heterocycles. The highest BCUT2D eigenvalue weighted by Gasteiger charge is 2.36. The topological polar surface area (TPSA) is 61.8 Å². The van der Waals surface area contributed by atoms with Gasteiger partial charge in [-0.05, 0) is 78.1 Å². The van der Waals surface area contributed by atoms with Crippen molar-refractivity contribution >= 4 is 11.8 Å². The number of fused-ring (bicyclic) bond motifs is 1. The smallest absolute Gasteiger partial charge is 0.412 e. The highest BCUT2D eigenvalue weighted by atomic mass is 16.6. The summed E-state index contributed by atoms with van der Waals surface area (Å²) in [6.07, 6.45) is 0.449. The molecular weight excluding hydrogens is 316 g/mol. The Morgan fingerprint density at radius 1 is 1.28 bits per heavy atom. The molecule has 1 aromatic carbocycles. The number of β-amino-alcohol motifs (C(OH)–C–C–N with tert-alkyl or cyclic N) is 1. The lowest BCUT2D eigenvalue weighted by Gasteiger charge is -2.46. The number of nitrogens with zero attached hydrogens (tertiary/aromatic N) is 1. The molecule has 0 radical (unpaired) electrons. The van der Waals surface area contributed by atoms with Gasteiger partial charge in [0.25, 0.3) is 0 Å². The van der Waals surface area contributed by atoms with E-state index in [9.17, 15) is 9.90 Å². The van der Waals surface area contributed by atoms with Crippen molar-refractivity contribution in [2.75, 3.05) is 18.4 Å². The number of anilines is 1. The first-order chi connectivity index (χ1) is 11.3. The molecule has 0 aliphatic carbocycles. The lowest BCUT2D eigenvalue weighted by molar-refractivity contribution is -0.00739. The maximum atomic E-state index is 12.0. The summed E-state index contributed by atoms with van der Waals surface area (Å²) in [5.74, 6) is 0. The number of carbonyl (C=O) groups excluding carboxylic acids is 1. The number of ether oxygens (including phenoxy) is 1. The van der Waals surface area contributed by atoms with Gasteiger partial charge >= 0.3 is 6.09 Å². The lowest BCUT2D eigenvalue weighted by atomic mass is 9.82. The van der Waals surface area contributed by atoms with Gasteiger partial charge in [0.05, 0.1) is 5.60 Å². The quantitative estimate of drug-likeness (QED) is 0.870. The van der Waals surface area contributed by atoms with E-state index >= 15 is 0 Å². The molecule has 0 saturated carbocycles. The van der Waals surface area contributed by atoms with Gasteiger partial charge in [-0.1, -0.05) is 6.07 Å². The van der Waals surface area contributed by atoms with Crippen LogP contribution in [0.2, 0.25) is 0 Å². The van der Waals surface area contributed by atoms with Crippen LogP contribution in [0.1, 0.15) is 59.6 Å². The highest BCUT2D eigenvalue weighted by molar-refractivity contribution is 5.85. The Hall–Kier alpha value is -1.59. The predicted octanol–water partition coefficient (Wildman–Crippen LogP) is 3.90. The first kappa shape index (κ1) is 19.7. The number of amides is 1. The van der Waals surface area contributed by atoms with Gasteiger partial charge in [-0.15, -0.1) is 0 Å². The van der Waals surface area contributed by atoms with Crippen molar-refractivity contribution in [2.45, 2.75) is 71.6 Å². The van der Waals surface area contributed by atoms with Crippen molar-refractivity contribution in [1.29, 1.82) is 0 Å². The molecule has 1 amide bonds. The minimum Gasteiger partial charge on any atom is -0.444 e. The molecule has 0 bridgehead atoms. The molecule has 0 atom stereocenters. The molecule has 0 saturated heterocycles. The minimum atomic E-state index is -0.729. The zero-order valence-corrected chi connectivity index (χ0v) is 16.6. The molecule has 1 aromatic rings. The van der Waals surface area contributed by atoms with E-state index in [1.54, 1.807) is 0 Å². The fourth-order valence-electron chi connectivity index (χ4n) is 3.35. The van der Waals surface area contributed by atoms with Gasteiger partial charge in [0, 0.05) is 24.3 Å². The number of hydrogen-bond acceptors (Lipinski definition) is 4. The van der Waals surface area contributed by atoms with E-state index in [0.29, 0.717) is 6.54 Å². The van der Waals surface area contributed by atoms with Gasteiger partial charge in [0.2, 0.25) is 0 Å². The van der Waals surface area contributed by atoms with Crippen LogP contribution in [-0.2, 0) is 16.7 Å². The van der Waals surface area contributed by atoms with E-state index in [2.05, 4.69) is 30.1 Å². The van der Waals surface area contributed by atoms with Crippen molar-refractivity contribution in [1.82, 2.24) is 4.90 Å². The summed E-state index contributed by atoms with van der Waals surface area (Å²) in [6, 6.07) is 6.01. The van der Waals surface area contributed by atoms with Gasteiger partial charge in [-0.3, -0.25) is 10.2 Å². The van der Waals surface area contributed by atoms with Crippen LogP contribution < -0.4 is 5.32 Å². The summed E-state index contributed by atoms with van der Waals surface area (Å²) < 4.78 is 5.31. The van der Waals surface area contributed by atoms with Crippen LogP contribution in [0.5, 0.6) is 0 Å². The molecule has 2 N–H and O–H groups in total. The van der Waals surface area contributed by atoms with Crippen LogP contribution in [0, 0.1) is 0 Å². The average molecular weight is 348 g/mol. The molecule has 5 nitrogen and oxygen atoms in total. The second-order valence-corrected chi connectivity index (χ2v) is 9.04. The molecule has 140 valence electrons. The average Bonchev–Trinajstić information content (AvgIpc) is 2.38. The number of rotatable bonds is 3. The molecule has 5 heteroatoms. The lowest BCUT2D eigenvalue weighted by Crippen LogP contribution is -2.52. The monoisotopic (exact) mass is 348 g/mol. The molecule has 1 aliphatic rings. The fourth-order valence-corrected chi connectivity index (χ4v) is 3.35. The highest BCUT2D eigenvalue weighted by Crippen LogP contribution is 2.37. The third-order valence-electron chi connectivity index (χ3n) is 4.43. The number of carbonyl (C=O) groups is 1. The maximum absolute atomic E-state index is 12.0. The zero-order valence-electron chi connectivity index (χ0n) is 16.6. The summed E-state index contributed by atoms with van der Waals surface area (Å²) >= 11 is 0. The molecule has 0 fully saturated rings. The van der Waals surface area contributed by atoms with Crippen LogP contribution in [0.4, 0.5) is 10.5 Å². The summed E-state index contributed by atoms with van der Waals surface area (Å²) in [4.78, 5) is 14.3. The van der Waals surface area contributed by atoms with Gasteiger partial charge in [0.15, 0.2) is 0 Å². The Kier molecular flexibility index (Phi) is 5.22. The van der Waals surface area contributed by atoms with Crippen molar-refractivity contribution in [2.24, 2.45) is 0 Å². The van der Waals surface area contributed by atoms with Crippen molar-refractivity contribution in [3.8, 4) is 0 Å². The van der Waals surface area contributed by atoms with Crippen LogP contribution >= 0.6 is 0 Å². The normalized spacial score (nSPS) is 17.8. The van der Waals surface area contributed by atoms with E-state index in [-0.39, 0.29) is 5.54 Å². The van der Waals surface area contributed by atoms with E-state index in [0.717, 1.165) is 18.7 Å². The van der Waals surface area contributed by atoms with Crippen LogP contribution in [-0.4, -0.2) is 40.4 Å². The van der Waals surface area contributed by atoms with Crippen molar-refractivity contribution in [3.63, 3.8) is 0 Å². The van der Waals surface area contributed by atoms with Crippen molar-refractivity contribution < 1.29 is 14.6 Å². The van der Waals surface area contributed by atoms with Gasteiger partial charge in [-0.25, -0.2) is 4.79 Å². The molecule has 2 rings (SSSR count). The minimum absolute atomic E-state index is 0.169. The van der Waals surface area contributed by atoms with Gasteiger partial charge < -0.3 is 9.84 Å². The van der Waals surface area contributed by atoms with Gasteiger partial charge in [0.1, 0.15) is 5.60 Å². The standard InChI is InChI=1S/C20H32N2O3/c1-18(2,3)25-17(23)21-15-8-9-16-14(12-15)10-11-22(20(16,6)7)13-19(4,5)24/h8-9,12,24H,10-11,13H2,1-7H3,(H,21,23). The van der Waals surface area contributed by atoms with E-state index in [1.807, 2.05) is 46.8 Å². The number of benzene rings is 1. The molecule has 1 heterocycles. The summed E-state index contributed by atoms with van der Waals surface area (Å²) in [5.41, 5.74) is 1.80. The Balaban J connectivity index is 2.18. The molecule has 0 unspecified atom stereocenters. The molecule has 25 heavy (non-hydrogen) atoms. The van der Waals surface area contributed by atoms with E-state index in [1.165, 1.54) is 11.1 Å². The summed E-state index contributed by atoms with van der Waals surface area (Å²) in [7, 11) is 0. The maximum Gasteiger partial charge on any atom is 0.412 e. The van der Waals surface area contributed by atoms with Crippen LogP contribution in [0.25, 0.3) is 0 Å². The molecular formula is C20H32N2O3. The van der Waals surface area contributed by atoms with Crippen LogP contribution in [0.15, 0.2) is 18.2 Å². The Morgan fingerprint density at radius 3 is 2.48 bits per heavy atom. The summed E-state index contributed by atoms with van der Waals surface area (Å²) in [6.45, 7) is 15.1. The van der Waals surface area contributed by atoms with E-state index in [4.69, 9.17) is 4.74 Å². The third-order valence-corrected chi connectivity index (χ3v) is 4.43. The largest absolute Gasteiger partial charge is 0.444 e. The second kappa shape index (κ2) is 6.61. The number of aliphatic hydroxyl groups is 1. The zero-order chi connectivity index (χ0) is 19.0.